The average molecular weight is 2190 g/mol. The van der Waals surface area contributed by atoms with Gasteiger partial charge in [0, 0.05) is 0 Å². The topological polar surface area (TPSA) is 1110 Å². The third kappa shape index (κ3) is 41.8. The predicted octanol–water partition coefficient (Wildman–Crippen LogP) is -12.2. The summed E-state index contributed by atoms with van der Waals surface area (Å²) in [6.07, 6.45) is -95.8. The van der Waals surface area contributed by atoms with Crippen LogP contribution in [0.15, 0.2) is 0 Å². The van der Waals surface area contributed by atoms with Crippen LogP contribution in [0.25, 0.3) is 0 Å². The second kappa shape index (κ2) is 42.0. The minimum absolute atomic E-state index is 0.322. The van der Waals surface area contributed by atoms with Crippen molar-refractivity contribution in [3.63, 3.8) is 0 Å². The van der Waals surface area contributed by atoms with Crippen LogP contribution >= 0.6 is 0 Å². The van der Waals surface area contributed by atoms with Crippen molar-refractivity contribution in [3.8, 4) is 0 Å². The van der Waals surface area contributed by atoms with Gasteiger partial charge in [-0.25, -0.2) is 66.9 Å². The van der Waals surface area contributed by atoms with E-state index in [2.05, 4.69) is 66.9 Å². The molecule has 0 amide bonds. The summed E-state index contributed by atoms with van der Waals surface area (Å²) < 4.78 is 688. The van der Waals surface area contributed by atoms with Crippen LogP contribution in [0.4, 0.5) is 0 Å². The van der Waals surface area contributed by atoms with Crippen LogP contribution in [0.1, 0.15) is 27.2 Å². The summed E-state index contributed by atoms with van der Waals surface area (Å²) in [6.45, 7) is -8.62. The van der Waals surface area contributed by atoms with Gasteiger partial charge in [-0.15, -0.1) is 0 Å². The molecule has 0 bridgehead atoms. The molecule has 5 aliphatic rings. The molecule has 0 aromatic heterocycles. The van der Waals surface area contributed by atoms with Gasteiger partial charge in [-0.05, 0) is 11.8 Å². The van der Waals surface area contributed by atoms with E-state index in [9.17, 15) is 208 Å². The highest BCUT2D eigenvalue weighted by Gasteiger charge is 2.65. The van der Waals surface area contributed by atoms with E-state index in [1.54, 1.807) is 0 Å². The molecule has 25 atom stereocenters. The van der Waals surface area contributed by atoms with Crippen LogP contribution in [0.3, 0.4) is 0 Å². The fraction of sp³-hybridized carbons (Fsp3) is 1.00. The highest BCUT2D eigenvalue weighted by molar-refractivity contribution is 7.84. The molecule has 74 nitrogen and oxygen atoms in total. The lowest BCUT2D eigenvalue weighted by molar-refractivity contribution is -0.385. The van der Waals surface area contributed by atoms with Gasteiger partial charge in [-0.3, -0.25) is 72.8 Å². The monoisotopic (exact) mass is 2190 g/mol. The summed E-state index contributed by atoms with van der Waals surface area (Å²) in [5.41, 5.74) is -0.970. The maximum Gasteiger partial charge on any atom is 0.397 e. The highest BCUT2D eigenvalue weighted by atomic mass is 32.3. The van der Waals surface area contributed by atoms with Gasteiger partial charge >= 0.3 is 166 Å². The Hall–Kier alpha value is -2.48. The Morgan fingerprint density at radius 1 is 0.198 bits per heavy atom. The fourth-order valence-electron chi connectivity index (χ4n) is 10.9. The predicted molar refractivity (Wildman–Crippen MR) is 361 cm³/mol. The fourth-order valence-corrected chi connectivity index (χ4v) is 17.9. The Morgan fingerprint density at radius 2 is 0.341 bits per heavy atom. The van der Waals surface area contributed by atoms with E-state index in [0.717, 1.165) is 0 Å². The zero-order valence-electron chi connectivity index (χ0n) is 60.2. The van der Waals surface area contributed by atoms with Gasteiger partial charge in [0.15, 0.2) is 62.0 Å². The lowest BCUT2D eigenvalue weighted by atomic mass is 9.93. The molecule has 5 fully saturated rings. The van der Waals surface area contributed by atoms with Gasteiger partial charge in [0.2, 0.25) is 0 Å². The molecule has 0 unspecified atom stereocenters. The summed E-state index contributed by atoms with van der Waals surface area (Å²) in [7, 11) is -106. The van der Waals surface area contributed by atoms with E-state index in [1.165, 1.54) is 20.8 Å². The molecule has 5 aliphatic heterocycles. The van der Waals surface area contributed by atoms with Gasteiger partial charge in [0.25, 0.3) is 0 Å². The van der Waals surface area contributed by atoms with Crippen LogP contribution < -0.4 is 0 Å². The zero-order valence-corrected chi connectivity index (χ0v) is 73.3. The highest BCUT2D eigenvalue weighted by Crippen LogP contribution is 2.44. The van der Waals surface area contributed by atoms with Gasteiger partial charge in [0.1, 0.15) is 91.6 Å². The lowest BCUT2D eigenvalue weighted by Crippen LogP contribution is -2.70. The molecule has 748 valence electrons. The molecule has 0 saturated carbocycles. The zero-order chi connectivity index (χ0) is 97.3. The first-order valence-corrected chi connectivity index (χ1v) is 52.6. The second-order valence-electron chi connectivity index (χ2n) is 25.2. The normalized spacial score (nSPS) is 32.5. The van der Waals surface area contributed by atoms with Crippen molar-refractivity contribution >= 4 is 166 Å². The van der Waals surface area contributed by atoms with Crippen LogP contribution in [-0.2, 0) is 281 Å². The lowest BCUT2D eigenvalue weighted by Gasteiger charge is -2.51. The number of rotatable bonds is 48. The summed E-state index contributed by atoms with van der Waals surface area (Å²) >= 11 is 0. The summed E-state index contributed by atoms with van der Waals surface area (Å²) in [5, 5.41) is 0. The van der Waals surface area contributed by atoms with Crippen molar-refractivity contribution < 1.29 is 322 Å². The summed E-state index contributed by atoms with van der Waals surface area (Å²) in [5.74, 6) is 0. The van der Waals surface area contributed by atoms with Crippen molar-refractivity contribution in [2.75, 3.05) is 39.6 Å². The molecule has 0 radical (unpaired) electrons. The van der Waals surface area contributed by atoms with Gasteiger partial charge in [-0.1, -0.05) is 20.8 Å². The first kappa shape index (κ1) is 114. The van der Waals surface area contributed by atoms with Crippen LogP contribution in [0.2, 0.25) is 0 Å². The third-order valence-electron chi connectivity index (χ3n) is 14.7. The second-order valence-corrected chi connectivity index (χ2v) is 42.2. The van der Waals surface area contributed by atoms with Crippen LogP contribution in [-0.4, -0.2) is 401 Å². The molecular weight excluding hydrogens is 2130 g/mol. The van der Waals surface area contributed by atoms with E-state index in [0.29, 0.717) is 0 Å². The molecule has 5 rings (SSSR count). The largest absolute Gasteiger partial charge is 0.397 e. The van der Waals surface area contributed by atoms with Crippen molar-refractivity contribution in [2.24, 2.45) is 5.41 Å². The van der Waals surface area contributed by atoms with Gasteiger partial charge in [-0.2, -0.15) is 135 Å². The number of hydrogen-bond acceptors (Lipinski definition) is 58. The maximum atomic E-state index is 13.4. The first-order chi connectivity index (χ1) is 56.0. The molecule has 0 aliphatic carbocycles. The molecular formula is C36H64O74S16. The average Bonchev–Trinajstić information content (AvgIpc) is 0.745. The molecule has 0 spiro atoms. The standard InChI is InChI=1S/C36H64O74S16/c1-36(2,3)4-5-85-31-26(106-122(70,71)72)21(16(100-116(52,53)54)11(91-31)6-86-111(37,38)39)96-32-27(107-123(73,74)75)22(17(101-117(55,56)57)12(92-32)7-87-112(40,41)42)97-33-28(108-124(76,77)78)23(18(102-118(58,59)60)13(93-33)8-88-113(43,44)45)98-34-29(109-125(79,80)81)24(19(103-119(61,62)63)14(94-34)9-89-114(46,47)48)99-35-30(110-126(82,83)84)25(105-121(67,68)69)20(104-120(64,65)66)15(95-35)10-90-115(49,50)51/h11-35H,4-10H2,1-3H3,(H,37,38,39)(H,40,41,42)(H,43,44,45)(H,46,47,48)(H,49,50,51)(H,52,53,54)(H,55,56,57)(H,58,59,60)(H,61,62,63)(H,64,65,66)(H,67,68,69)(H,70,71,72)(H,73,74,75)(H,76,77,78)(H,79,80,81)(H,82,83,84)/t11-,12-,13-,14-,15-,16-,17-,18-,19-,20-,21+,22+,23+,24+,25+,26-,27-,28-,29-,30-,31-,32+,33+,34+,35+/m1/s1. The van der Waals surface area contributed by atoms with E-state index < -0.39 is 365 Å². The van der Waals surface area contributed by atoms with Crippen LogP contribution in [0.5, 0.6) is 0 Å². The Labute approximate surface area is 709 Å². The SMILES string of the molecule is CC(C)(C)CCO[C@@H]1O[C@H](COS(=O)(=O)O)[C@@H](OS(=O)(=O)O)[C@H](O[C@@H]2O[C@H](COS(=O)(=O)O)[C@@H](OS(=O)(=O)O)[C@H](O[C@@H]3O[C@H](COS(=O)(=O)O)[C@@H](OS(=O)(=O)O)[C@H](O[C@@H]4O[C@H](COS(=O)(=O)O)[C@@H](OS(=O)(=O)O)[C@H](O[C@@H]5O[C@H](COS(=O)(=O)O)[C@@H](OS(=O)(=O)O)[C@H](OS(=O)(=O)O)[C@H]5OS(=O)(=O)O)[C@H]4OS(=O)(=O)O)[C@H]3OS(=O)(=O)O)[C@H]2OS(=O)(=O)O)[C@H]1OS(=O)(=O)O. The molecule has 90 heteroatoms. The van der Waals surface area contributed by atoms with Crippen molar-refractivity contribution in [1.82, 2.24) is 0 Å². The summed E-state index contributed by atoms with van der Waals surface area (Å²) in [4.78, 5) is 0. The molecule has 0 aromatic carbocycles. The smallest absolute Gasteiger partial charge is 0.350 e. The Balaban J connectivity index is 2.07. The van der Waals surface area contributed by atoms with E-state index in [1.807, 2.05) is 0 Å². The Bertz CT molecular complexity index is 5740. The Kier molecular flexibility index (Phi) is 38.0. The van der Waals surface area contributed by atoms with Gasteiger partial charge < -0.3 is 47.4 Å². The number of ether oxygens (including phenoxy) is 10. The van der Waals surface area contributed by atoms with Crippen molar-refractivity contribution in [3.05, 3.63) is 0 Å². The molecule has 0 aromatic rings. The van der Waals surface area contributed by atoms with E-state index in [4.69, 9.17) is 47.4 Å². The van der Waals surface area contributed by atoms with Crippen molar-refractivity contribution in [1.29, 1.82) is 0 Å². The molecule has 5 heterocycles. The third-order valence-corrected chi connectivity index (χ3v) is 22.0. The maximum absolute atomic E-state index is 13.4. The summed E-state index contributed by atoms with van der Waals surface area (Å²) in [6, 6.07) is 0. The minimum Gasteiger partial charge on any atom is -0.350 e. The molecule has 16 N–H and O–H groups in total. The molecule has 126 heavy (non-hydrogen) atoms. The van der Waals surface area contributed by atoms with E-state index >= 15 is 0 Å². The quantitative estimate of drug-likeness (QED) is 0.0252. The Morgan fingerprint density at radius 3 is 0.508 bits per heavy atom. The van der Waals surface area contributed by atoms with Crippen molar-refractivity contribution in [2.45, 2.75) is 181 Å². The number of hydrogen-bond donors (Lipinski definition) is 16. The van der Waals surface area contributed by atoms with Gasteiger partial charge in [0.05, 0.1) is 39.6 Å². The first-order valence-electron chi connectivity index (χ1n) is 30.8. The van der Waals surface area contributed by atoms with Crippen LogP contribution in [0, 0.1) is 5.41 Å². The minimum atomic E-state index is -7.12. The molecule has 5 saturated heterocycles. The van der Waals surface area contributed by atoms with E-state index in [-0.39, 0.29) is 6.42 Å².